The molecule has 1 rings (SSSR count). The highest BCUT2D eigenvalue weighted by atomic mass is 35.5. The van der Waals surface area contributed by atoms with Crippen LogP contribution in [0.1, 0.15) is 27.6 Å². The molecule has 1 aromatic rings. The van der Waals surface area contributed by atoms with Gasteiger partial charge in [-0.3, -0.25) is 9.59 Å². The minimum absolute atomic E-state index is 0.158. The van der Waals surface area contributed by atoms with Crippen LogP contribution in [0.25, 0.3) is 0 Å². The Morgan fingerprint density at radius 3 is 2.62 bits per heavy atom. The molecule has 0 bridgehead atoms. The Morgan fingerprint density at radius 1 is 1.54 bits per heavy atom. The third-order valence-electron chi connectivity index (χ3n) is 1.57. The molecule has 0 N–H and O–H groups in total. The third kappa shape index (κ3) is 1.92. The average molecular weight is 201 g/mol. The van der Waals surface area contributed by atoms with E-state index in [1.54, 1.807) is 0 Å². The summed E-state index contributed by atoms with van der Waals surface area (Å²) in [6.07, 6.45) is 0.512. The number of halogens is 2. The first kappa shape index (κ1) is 9.86. The maximum Gasteiger partial charge on any atom is 0.162 e. The van der Waals surface area contributed by atoms with Gasteiger partial charge in [0.15, 0.2) is 11.6 Å². The van der Waals surface area contributed by atoms with E-state index >= 15 is 0 Å². The van der Waals surface area contributed by atoms with E-state index in [9.17, 15) is 14.0 Å². The van der Waals surface area contributed by atoms with Crippen LogP contribution < -0.4 is 0 Å². The Kier molecular flexibility index (Phi) is 2.78. The molecule has 0 atom stereocenters. The van der Waals surface area contributed by atoms with Gasteiger partial charge in [-0.1, -0.05) is 11.6 Å². The number of hydrogen-bond acceptors (Lipinski definition) is 2. The summed E-state index contributed by atoms with van der Waals surface area (Å²) in [5, 5.41) is -0.213. The van der Waals surface area contributed by atoms with Crippen LogP contribution in [0, 0.1) is 5.82 Å². The maximum atomic E-state index is 13.1. The van der Waals surface area contributed by atoms with Crippen molar-refractivity contribution in [2.24, 2.45) is 0 Å². The van der Waals surface area contributed by atoms with E-state index in [0.29, 0.717) is 6.29 Å². The molecule has 0 aliphatic carbocycles. The second kappa shape index (κ2) is 3.66. The second-order valence-electron chi connectivity index (χ2n) is 2.54. The molecule has 0 amide bonds. The molecule has 13 heavy (non-hydrogen) atoms. The lowest BCUT2D eigenvalue weighted by atomic mass is 10.1. The van der Waals surface area contributed by atoms with Gasteiger partial charge in [0.2, 0.25) is 0 Å². The van der Waals surface area contributed by atoms with Gasteiger partial charge in [0.25, 0.3) is 0 Å². The smallest absolute Gasteiger partial charge is 0.162 e. The van der Waals surface area contributed by atoms with Crippen molar-refractivity contribution in [3.8, 4) is 0 Å². The summed E-state index contributed by atoms with van der Waals surface area (Å²) >= 11 is 5.46. The van der Waals surface area contributed by atoms with Gasteiger partial charge < -0.3 is 0 Å². The first-order valence-electron chi connectivity index (χ1n) is 3.51. The van der Waals surface area contributed by atoms with Gasteiger partial charge in [-0.05, 0) is 19.1 Å². The van der Waals surface area contributed by atoms with Gasteiger partial charge in [-0.25, -0.2) is 4.39 Å². The molecule has 0 aromatic heterocycles. The highest BCUT2D eigenvalue weighted by Gasteiger charge is 2.12. The fraction of sp³-hybridized carbons (Fsp3) is 0.111. The summed E-state index contributed by atoms with van der Waals surface area (Å²) < 4.78 is 13.1. The van der Waals surface area contributed by atoms with Gasteiger partial charge in [0, 0.05) is 5.56 Å². The molecule has 68 valence electrons. The molecule has 0 radical (unpaired) electrons. The number of carbonyl (C=O) groups is 2. The van der Waals surface area contributed by atoms with Crippen molar-refractivity contribution in [1.29, 1.82) is 0 Å². The minimum atomic E-state index is -0.778. The number of Topliss-reactive ketones (excluding diaryl/α,β-unsaturated/α-hetero) is 1. The van der Waals surface area contributed by atoms with Crippen molar-refractivity contribution >= 4 is 23.7 Å². The fourth-order valence-electron chi connectivity index (χ4n) is 0.934. The average Bonchev–Trinajstić information content (AvgIpc) is 2.09. The highest BCUT2D eigenvalue weighted by Crippen LogP contribution is 2.20. The first-order chi connectivity index (χ1) is 6.06. The topological polar surface area (TPSA) is 34.1 Å². The van der Waals surface area contributed by atoms with E-state index in [-0.39, 0.29) is 16.1 Å². The van der Waals surface area contributed by atoms with E-state index in [2.05, 4.69) is 0 Å². The summed E-state index contributed by atoms with van der Waals surface area (Å²) in [4.78, 5) is 21.2. The first-order valence-corrected chi connectivity index (χ1v) is 3.89. The van der Waals surface area contributed by atoms with Crippen molar-refractivity contribution in [3.05, 3.63) is 34.1 Å². The lowest BCUT2D eigenvalue weighted by Gasteiger charge is -2.01. The lowest BCUT2D eigenvalue weighted by molar-refractivity contribution is 0.101. The second-order valence-corrected chi connectivity index (χ2v) is 2.95. The number of aldehydes is 1. The molecule has 4 heteroatoms. The summed E-state index contributed by atoms with van der Waals surface area (Å²) in [6.45, 7) is 1.21. The van der Waals surface area contributed by atoms with E-state index in [4.69, 9.17) is 11.6 Å². The van der Waals surface area contributed by atoms with Crippen molar-refractivity contribution < 1.29 is 14.0 Å². The van der Waals surface area contributed by atoms with Crippen LogP contribution in [0.3, 0.4) is 0 Å². The predicted molar refractivity (Wildman–Crippen MR) is 46.8 cm³/mol. The highest BCUT2D eigenvalue weighted by molar-refractivity contribution is 6.31. The number of rotatable bonds is 2. The maximum absolute atomic E-state index is 13.1. The monoisotopic (exact) mass is 200 g/mol. The van der Waals surface area contributed by atoms with Crippen LogP contribution in [0.2, 0.25) is 5.02 Å². The van der Waals surface area contributed by atoms with Crippen molar-refractivity contribution in [2.45, 2.75) is 6.92 Å². The van der Waals surface area contributed by atoms with E-state index in [0.717, 1.165) is 0 Å². The SMILES string of the molecule is CC(=O)c1cc(C=O)cc(Cl)c1F. The lowest BCUT2D eigenvalue weighted by Crippen LogP contribution is -1.99. The molecule has 0 saturated carbocycles. The Bertz CT molecular complexity index is 374. The van der Waals surface area contributed by atoms with Crippen molar-refractivity contribution in [3.63, 3.8) is 0 Å². The number of ketones is 1. The molecule has 0 spiro atoms. The molecular formula is C9H6ClFO2. The quantitative estimate of drug-likeness (QED) is 0.543. The molecular weight excluding hydrogens is 195 g/mol. The van der Waals surface area contributed by atoms with Gasteiger partial charge >= 0.3 is 0 Å². The van der Waals surface area contributed by atoms with Gasteiger partial charge in [0.05, 0.1) is 10.6 Å². The Balaban J connectivity index is 3.41. The van der Waals surface area contributed by atoms with Crippen LogP contribution >= 0.6 is 11.6 Å². The number of benzene rings is 1. The molecule has 0 unspecified atom stereocenters. The van der Waals surface area contributed by atoms with Gasteiger partial charge in [0.1, 0.15) is 6.29 Å². The van der Waals surface area contributed by atoms with Gasteiger partial charge in [-0.15, -0.1) is 0 Å². The largest absolute Gasteiger partial charge is 0.298 e. The third-order valence-corrected chi connectivity index (χ3v) is 1.84. The van der Waals surface area contributed by atoms with Crippen LogP contribution in [-0.4, -0.2) is 12.1 Å². The summed E-state index contributed by atoms with van der Waals surface area (Å²) in [5.74, 6) is -1.23. The predicted octanol–water partition coefficient (Wildman–Crippen LogP) is 2.49. The Labute approximate surface area is 79.3 Å². The summed E-state index contributed by atoms with van der Waals surface area (Å²) in [5.41, 5.74) is 0.0335. The Hall–Kier alpha value is -1.22. The molecule has 2 nitrogen and oxygen atoms in total. The van der Waals surface area contributed by atoms with E-state index in [1.165, 1.54) is 19.1 Å². The van der Waals surface area contributed by atoms with Crippen LogP contribution in [0.4, 0.5) is 4.39 Å². The standard InChI is InChI=1S/C9H6ClFO2/c1-5(13)7-2-6(4-12)3-8(10)9(7)11/h2-4H,1H3. The zero-order chi connectivity index (χ0) is 10.0. The number of carbonyl (C=O) groups excluding carboxylic acids is 2. The van der Waals surface area contributed by atoms with Crippen LogP contribution in [0.5, 0.6) is 0 Å². The molecule has 0 aliphatic heterocycles. The Morgan fingerprint density at radius 2 is 2.15 bits per heavy atom. The van der Waals surface area contributed by atoms with Crippen LogP contribution in [-0.2, 0) is 0 Å². The summed E-state index contributed by atoms with van der Waals surface area (Å²) in [7, 11) is 0. The van der Waals surface area contributed by atoms with E-state index < -0.39 is 11.6 Å². The molecule has 1 aromatic carbocycles. The number of hydrogen-bond donors (Lipinski definition) is 0. The molecule has 0 aliphatic rings. The zero-order valence-corrected chi connectivity index (χ0v) is 7.56. The van der Waals surface area contributed by atoms with Crippen molar-refractivity contribution in [1.82, 2.24) is 0 Å². The summed E-state index contributed by atoms with van der Waals surface area (Å²) in [6, 6.07) is 2.35. The molecule has 0 fully saturated rings. The molecule has 0 saturated heterocycles. The molecule has 0 heterocycles. The van der Waals surface area contributed by atoms with Gasteiger partial charge in [-0.2, -0.15) is 0 Å². The normalized spacial score (nSPS) is 9.77. The van der Waals surface area contributed by atoms with E-state index in [1.807, 2.05) is 0 Å². The fourth-order valence-corrected chi connectivity index (χ4v) is 1.16. The van der Waals surface area contributed by atoms with Crippen LogP contribution in [0.15, 0.2) is 12.1 Å². The minimum Gasteiger partial charge on any atom is -0.298 e. The zero-order valence-electron chi connectivity index (χ0n) is 6.80. The van der Waals surface area contributed by atoms with Crippen molar-refractivity contribution in [2.75, 3.05) is 0 Å².